The molecule has 0 bridgehead atoms. The van der Waals surface area contributed by atoms with Crippen molar-refractivity contribution in [1.82, 2.24) is 10.2 Å². The lowest BCUT2D eigenvalue weighted by Crippen LogP contribution is -2.58. The van der Waals surface area contributed by atoms with Gasteiger partial charge in [0.2, 0.25) is 5.91 Å². The first-order valence-electron chi connectivity index (χ1n) is 7.18. The van der Waals surface area contributed by atoms with E-state index in [1.54, 1.807) is 6.92 Å². The fourth-order valence-corrected chi connectivity index (χ4v) is 2.86. The minimum absolute atomic E-state index is 0.170. The van der Waals surface area contributed by atoms with E-state index < -0.39 is 23.7 Å². The van der Waals surface area contributed by atoms with Crippen LogP contribution < -0.4 is 16.8 Å². The van der Waals surface area contributed by atoms with E-state index >= 15 is 0 Å². The Labute approximate surface area is 125 Å². The molecule has 0 aliphatic carbocycles. The summed E-state index contributed by atoms with van der Waals surface area (Å²) in [6, 6.07) is 9.41. The number of benzene rings is 1. The molecule has 5 atom stereocenters. The average molecular weight is 292 g/mol. The summed E-state index contributed by atoms with van der Waals surface area (Å²) in [6.07, 6.45) is -0.864. The van der Waals surface area contributed by atoms with Crippen LogP contribution in [0.2, 0.25) is 0 Å². The maximum Gasteiger partial charge on any atom is 0.237 e. The zero-order chi connectivity index (χ0) is 15.6. The van der Waals surface area contributed by atoms with Gasteiger partial charge in [0.25, 0.3) is 0 Å². The minimum atomic E-state index is -0.864. The lowest BCUT2D eigenvalue weighted by molar-refractivity contribution is -0.122. The highest BCUT2D eigenvalue weighted by Gasteiger charge is 2.60. The number of aliphatic hydroxyl groups excluding tert-OH is 1. The zero-order valence-electron chi connectivity index (χ0n) is 12.5. The Morgan fingerprint density at radius 3 is 2.57 bits per heavy atom. The molecule has 116 valence electrons. The summed E-state index contributed by atoms with van der Waals surface area (Å²) < 4.78 is 0. The van der Waals surface area contributed by atoms with E-state index in [1.165, 1.54) is 5.56 Å². The second-order valence-corrected chi connectivity index (χ2v) is 5.68. The van der Waals surface area contributed by atoms with Gasteiger partial charge in [-0.1, -0.05) is 30.3 Å². The molecule has 1 fully saturated rings. The lowest BCUT2D eigenvalue weighted by Gasteiger charge is -2.25. The Hall–Kier alpha value is -1.47. The van der Waals surface area contributed by atoms with Gasteiger partial charge in [-0.25, -0.2) is 0 Å². The molecule has 1 aromatic carbocycles. The van der Waals surface area contributed by atoms with Gasteiger partial charge >= 0.3 is 0 Å². The van der Waals surface area contributed by atoms with Gasteiger partial charge in [-0.15, -0.1) is 0 Å². The maximum atomic E-state index is 11.5. The van der Waals surface area contributed by atoms with E-state index in [9.17, 15) is 9.90 Å². The number of nitrogens with two attached hydrogens (primary N) is 2. The summed E-state index contributed by atoms with van der Waals surface area (Å²) in [5.74, 6) is -0.573. The molecule has 1 aromatic rings. The van der Waals surface area contributed by atoms with Crippen LogP contribution in [0.25, 0.3) is 0 Å². The van der Waals surface area contributed by atoms with Gasteiger partial charge in [0.15, 0.2) is 0 Å². The highest BCUT2D eigenvalue weighted by Crippen LogP contribution is 2.39. The quantitative estimate of drug-likeness (QED) is 0.501. The van der Waals surface area contributed by atoms with Crippen LogP contribution in [-0.4, -0.2) is 46.3 Å². The predicted molar refractivity (Wildman–Crippen MR) is 81.0 cm³/mol. The summed E-state index contributed by atoms with van der Waals surface area (Å²) in [5.41, 5.74) is 11.9. The molecule has 2 unspecified atom stereocenters. The van der Waals surface area contributed by atoms with E-state index in [0.717, 1.165) is 6.54 Å². The summed E-state index contributed by atoms with van der Waals surface area (Å²) >= 11 is 0. The first kappa shape index (κ1) is 15.9. The SMILES string of the molecule is C[C@@H]1N(Cc2ccccc2)C1(CN)N[C@H](C(N)=O)[C@@H](C)O. The van der Waals surface area contributed by atoms with E-state index in [-0.39, 0.29) is 6.04 Å². The van der Waals surface area contributed by atoms with Crippen LogP contribution in [0.4, 0.5) is 0 Å². The summed E-state index contributed by atoms with van der Waals surface area (Å²) in [7, 11) is 0. The first-order valence-corrected chi connectivity index (χ1v) is 7.18. The summed E-state index contributed by atoms with van der Waals surface area (Å²) in [6.45, 7) is 4.67. The zero-order valence-corrected chi connectivity index (χ0v) is 12.5. The van der Waals surface area contributed by atoms with Gasteiger partial charge in [-0.2, -0.15) is 0 Å². The topological polar surface area (TPSA) is 104 Å². The third-order valence-corrected chi connectivity index (χ3v) is 4.30. The van der Waals surface area contributed by atoms with Crippen molar-refractivity contribution in [2.24, 2.45) is 11.5 Å². The van der Waals surface area contributed by atoms with Crippen LogP contribution in [0.5, 0.6) is 0 Å². The van der Waals surface area contributed by atoms with Crippen molar-refractivity contribution in [1.29, 1.82) is 0 Å². The number of primary amides is 1. The van der Waals surface area contributed by atoms with Crippen molar-refractivity contribution in [3.8, 4) is 0 Å². The number of aliphatic hydroxyl groups is 1. The van der Waals surface area contributed by atoms with Gasteiger partial charge in [-0.05, 0) is 19.4 Å². The summed E-state index contributed by atoms with van der Waals surface area (Å²) in [5, 5.41) is 12.9. The minimum Gasteiger partial charge on any atom is -0.391 e. The number of carbonyl (C=O) groups is 1. The number of nitrogens with one attached hydrogen (secondary N) is 1. The van der Waals surface area contributed by atoms with Gasteiger partial charge in [-0.3, -0.25) is 15.0 Å². The molecule has 1 aliphatic heterocycles. The van der Waals surface area contributed by atoms with Crippen LogP contribution >= 0.6 is 0 Å². The molecule has 1 amide bonds. The van der Waals surface area contributed by atoms with Crippen molar-refractivity contribution in [3.63, 3.8) is 0 Å². The second kappa shape index (κ2) is 6.11. The molecule has 0 aromatic heterocycles. The van der Waals surface area contributed by atoms with Crippen molar-refractivity contribution in [2.75, 3.05) is 6.54 Å². The molecule has 2 rings (SSSR count). The third-order valence-electron chi connectivity index (χ3n) is 4.30. The van der Waals surface area contributed by atoms with Gasteiger partial charge in [0.05, 0.1) is 6.10 Å². The van der Waals surface area contributed by atoms with E-state index in [1.807, 2.05) is 37.3 Å². The van der Waals surface area contributed by atoms with Crippen molar-refractivity contribution < 1.29 is 9.90 Å². The lowest BCUT2D eigenvalue weighted by atomic mass is 10.1. The maximum absolute atomic E-state index is 11.5. The molecule has 0 spiro atoms. The highest BCUT2D eigenvalue weighted by molar-refractivity contribution is 5.80. The Morgan fingerprint density at radius 1 is 1.48 bits per heavy atom. The van der Waals surface area contributed by atoms with Gasteiger partial charge < -0.3 is 16.6 Å². The van der Waals surface area contributed by atoms with Crippen molar-refractivity contribution >= 4 is 5.91 Å². The highest BCUT2D eigenvalue weighted by atomic mass is 16.3. The number of hydrogen-bond acceptors (Lipinski definition) is 5. The number of nitrogens with zero attached hydrogens (tertiary/aromatic N) is 1. The van der Waals surface area contributed by atoms with Crippen LogP contribution in [-0.2, 0) is 11.3 Å². The predicted octanol–water partition coefficient (Wildman–Crippen LogP) is -0.630. The number of rotatable bonds is 7. The smallest absolute Gasteiger partial charge is 0.237 e. The van der Waals surface area contributed by atoms with Crippen LogP contribution in [0.3, 0.4) is 0 Å². The Kier molecular flexibility index (Phi) is 4.63. The van der Waals surface area contributed by atoms with E-state index in [2.05, 4.69) is 10.2 Å². The first-order chi connectivity index (χ1) is 9.92. The van der Waals surface area contributed by atoms with E-state index in [0.29, 0.717) is 6.54 Å². The molecular formula is C15H24N4O2. The standard InChI is InChI=1S/C15H24N4O2/c1-10(20)13(14(17)21)18-15(9-16)11(2)19(15)8-12-6-4-3-5-7-12/h3-7,10-11,13,18,20H,8-9,16H2,1-2H3,(H2,17,21)/t10-,11+,13+,15?,19?/m1/s1. The second-order valence-electron chi connectivity index (χ2n) is 5.68. The largest absolute Gasteiger partial charge is 0.391 e. The number of carbonyl (C=O) groups excluding carboxylic acids is 1. The Bertz CT molecular complexity index is 494. The average Bonchev–Trinajstić information content (AvgIpc) is 3.00. The molecule has 0 saturated carbocycles. The third kappa shape index (κ3) is 3.08. The van der Waals surface area contributed by atoms with E-state index in [4.69, 9.17) is 11.5 Å². The van der Waals surface area contributed by atoms with Crippen LogP contribution in [0, 0.1) is 0 Å². The van der Waals surface area contributed by atoms with Crippen molar-refractivity contribution in [2.45, 2.75) is 44.2 Å². The fraction of sp³-hybridized carbons (Fsp3) is 0.533. The van der Waals surface area contributed by atoms with Gasteiger partial charge in [0.1, 0.15) is 11.7 Å². The number of hydrogen-bond donors (Lipinski definition) is 4. The molecular weight excluding hydrogens is 268 g/mol. The molecule has 1 saturated heterocycles. The molecule has 21 heavy (non-hydrogen) atoms. The molecule has 6 nitrogen and oxygen atoms in total. The Morgan fingerprint density at radius 2 is 2.10 bits per heavy atom. The molecule has 0 radical (unpaired) electrons. The normalized spacial score (nSPS) is 30.7. The van der Waals surface area contributed by atoms with Gasteiger partial charge in [0, 0.05) is 19.1 Å². The fourth-order valence-electron chi connectivity index (χ4n) is 2.86. The molecule has 6 heteroatoms. The Balaban J connectivity index is 2.10. The molecule has 6 N–H and O–H groups in total. The van der Waals surface area contributed by atoms with Crippen LogP contribution in [0.15, 0.2) is 30.3 Å². The van der Waals surface area contributed by atoms with Crippen LogP contribution in [0.1, 0.15) is 19.4 Å². The monoisotopic (exact) mass is 292 g/mol. The molecule has 1 heterocycles. The number of amides is 1. The summed E-state index contributed by atoms with van der Waals surface area (Å²) in [4.78, 5) is 13.6. The molecule has 1 aliphatic rings. The van der Waals surface area contributed by atoms with Crippen molar-refractivity contribution in [3.05, 3.63) is 35.9 Å².